The number of anilines is 1. The Labute approximate surface area is 533 Å². The van der Waals surface area contributed by atoms with Gasteiger partial charge in [0.2, 0.25) is 6.04 Å². The van der Waals surface area contributed by atoms with Gasteiger partial charge in [-0.15, -0.1) is 0 Å². The Morgan fingerprint density at radius 1 is 0.506 bits per heavy atom. The minimum absolute atomic E-state index is 0.143. The first-order chi connectivity index (χ1) is 41.8. The van der Waals surface area contributed by atoms with Crippen molar-refractivity contribution in [3.63, 3.8) is 0 Å². The highest BCUT2D eigenvalue weighted by molar-refractivity contribution is 7.85. The molecule has 0 aliphatic rings. The first-order valence-corrected chi connectivity index (χ1v) is 35.0. The van der Waals surface area contributed by atoms with Crippen LogP contribution in [0.15, 0.2) is 121 Å². The zero-order valence-corrected chi connectivity index (χ0v) is 55.9. The minimum Gasteiger partial charge on any atom is -0.860 e. The molecule has 0 heterocycles. The number of quaternary nitrogens is 1. The van der Waals surface area contributed by atoms with Gasteiger partial charge in [0.25, 0.3) is 16.0 Å². The van der Waals surface area contributed by atoms with Crippen molar-refractivity contribution in [1.82, 2.24) is 0 Å². The number of rotatable bonds is 46. The molecule has 17 heteroatoms. The summed E-state index contributed by atoms with van der Waals surface area (Å²) in [6, 6.07) is 19.6. The number of hydrogen-bond acceptors (Lipinski definition) is 11. The number of halogens is 2. The van der Waals surface area contributed by atoms with Crippen LogP contribution < -0.4 is 10.4 Å². The Hall–Kier alpha value is -5.19. The summed E-state index contributed by atoms with van der Waals surface area (Å²) in [5.41, 5.74) is 2.16. The van der Waals surface area contributed by atoms with Crippen molar-refractivity contribution in [2.24, 2.45) is 25.4 Å². The molecule has 0 bridgehead atoms. The van der Waals surface area contributed by atoms with Crippen LogP contribution in [0, 0.1) is 0 Å². The van der Waals surface area contributed by atoms with E-state index < -0.39 is 45.6 Å². The maximum atomic E-state index is 12.7. The lowest BCUT2D eigenvalue weighted by molar-refractivity contribution is -0.890. The van der Waals surface area contributed by atoms with Crippen molar-refractivity contribution in [3.8, 4) is 11.1 Å². The number of carbonyl (C=O) groups is 3. The van der Waals surface area contributed by atoms with E-state index in [-0.39, 0.29) is 32.0 Å². The molecule has 2 atom stereocenters. The predicted molar refractivity (Wildman–Crippen MR) is 359 cm³/mol. The fourth-order valence-electron chi connectivity index (χ4n) is 10.3. The Morgan fingerprint density at radius 3 is 1.18 bits per heavy atom. The second-order valence-electron chi connectivity index (χ2n) is 24.1. The lowest BCUT2D eigenvalue weighted by Gasteiger charge is -2.30. The number of azo groups is 2. The standard InChI is InChI=1S/C38H80N.C32H26Cl2N6O7S/c1-5-7-9-11-13-15-17-19-21-23-25-27-29-31-33-35-37-39(3,4)38-36-34-32-30-28-26-24-22-20-18-16-14-12-10-8-6-2;1-18(41)29(31(43)35-22-6-4-3-5-7-22)39-37-27-14-8-20(16-25(27)33)21-9-15-28(26(34)17-21)38-40-30(19(2)42)32(44)36-23-10-12-24(13-11-23)48(45,46)47/h5-38H2,1-4H3;3-17,29-30H,1-2H3,(H,35,43)(H,36,44)(H,45,46,47)/q+1;/p-1. The van der Waals surface area contributed by atoms with Crippen LogP contribution in [0.1, 0.15) is 233 Å². The van der Waals surface area contributed by atoms with Gasteiger partial charge in [0.15, 0.2) is 17.6 Å². The summed E-state index contributed by atoms with van der Waals surface area (Å²) in [6.45, 7) is 9.76. The van der Waals surface area contributed by atoms with Gasteiger partial charge in [-0.05, 0) is 117 Å². The molecule has 0 saturated carbocycles. The van der Waals surface area contributed by atoms with E-state index in [0.717, 1.165) is 19.1 Å². The molecule has 0 aromatic heterocycles. The van der Waals surface area contributed by atoms with E-state index in [1.54, 1.807) is 60.7 Å². The van der Waals surface area contributed by atoms with Crippen molar-refractivity contribution < 1.29 is 36.9 Å². The average molecular weight is 1260 g/mol. The second-order valence-corrected chi connectivity index (χ2v) is 26.3. The topological polar surface area (TPSA) is 202 Å². The number of nitrogens with one attached hydrogen (secondary N) is 1. The van der Waals surface area contributed by atoms with Crippen LogP contribution >= 0.6 is 23.2 Å². The summed E-state index contributed by atoms with van der Waals surface area (Å²) in [7, 11) is 0.521. The molecule has 87 heavy (non-hydrogen) atoms. The van der Waals surface area contributed by atoms with E-state index in [4.69, 9.17) is 27.8 Å². The molecule has 2 N–H and O–H groups in total. The largest absolute Gasteiger partial charge is 0.860 e. The summed E-state index contributed by atoms with van der Waals surface area (Å²) in [5.74, 6) is -2.74. The first-order valence-electron chi connectivity index (χ1n) is 32.8. The van der Waals surface area contributed by atoms with Gasteiger partial charge in [-0.3, -0.25) is 23.9 Å². The van der Waals surface area contributed by atoms with Gasteiger partial charge in [0, 0.05) is 5.69 Å². The molecule has 0 saturated heterocycles. The number of hydrogen-bond donors (Lipinski definition) is 2. The third kappa shape index (κ3) is 34.4. The highest BCUT2D eigenvalue weighted by Gasteiger charge is 2.24. The molecule has 482 valence electrons. The number of benzene rings is 4. The van der Waals surface area contributed by atoms with Gasteiger partial charge in [-0.25, -0.2) is 0 Å². The molecule has 2 unspecified atom stereocenters. The quantitative estimate of drug-likeness (QED) is 0.00833. The smallest absolute Gasteiger partial charge is 0.294 e. The SMILES string of the molecule is CC(=O)C(N=Nc1ccc(-c2ccc(N=NC(C(C)=O)C([O-])=Nc3ccccc3)c(Cl)c2)cc1Cl)C(=O)Nc1ccc(S(=O)(=O)O)cc1.CCCCCCCCCCCCCCCCCC[N+](C)(C)CCCCCCCCCCCCCCCCCC. The third-order valence-corrected chi connectivity index (χ3v) is 17.2. The monoisotopic (exact) mass is 1260 g/mol. The summed E-state index contributed by atoms with van der Waals surface area (Å²) in [6.07, 6.45) is 46.9. The highest BCUT2D eigenvalue weighted by Crippen LogP contribution is 2.35. The Kier molecular flexibility index (Phi) is 39.4. The summed E-state index contributed by atoms with van der Waals surface area (Å²) in [4.78, 5) is 40.5. The third-order valence-electron chi connectivity index (χ3n) is 15.7. The summed E-state index contributed by atoms with van der Waals surface area (Å²) >= 11 is 12.9. The lowest BCUT2D eigenvalue weighted by Crippen LogP contribution is -2.41. The van der Waals surface area contributed by atoms with Gasteiger partial charge in [0.1, 0.15) is 11.4 Å². The molecule has 14 nitrogen and oxygen atoms in total. The number of unbranched alkanes of at least 4 members (excludes halogenated alkanes) is 30. The molecule has 4 aromatic rings. The maximum absolute atomic E-state index is 12.7. The van der Waals surface area contributed by atoms with Crippen LogP contribution in [0.25, 0.3) is 11.1 Å². The number of nitrogens with zero attached hydrogens (tertiary/aromatic N) is 6. The number of aliphatic imine (C=N–C) groups is 1. The van der Waals surface area contributed by atoms with Crippen LogP contribution in [0.2, 0.25) is 10.0 Å². The minimum atomic E-state index is -4.42. The van der Waals surface area contributed by atoms with Crippen LogP contribution in [0.3, 0.4) is 0 Å². The van der Waals surface area contributed by atoms with Crippen molar-refractivity contribution in [2.45, 2.75) is 250 Å². The second kappa shape index (κ2) is 45.1. The Morgan fingerprint density at radius 2 is 0.851 bits per heavy atom. The van der Waals surface area contributed by atoms with E-state index in [1.807, 2.05) is 0 Å². The average Bonchev–Trinajstić information content (AvgIpc) is 1.97. The molecule has 1 amide bonds. The summed E-state index contributed by atoms with van der Waals surface area (Å²) < 4.78 is 32.8. The van der Waals surface area contributed by atoms with Gasteiger partial charge in [0.05, 0.1) is 47.8 Å². The first kappa shape index (κ1) is 76.1. The number of amides is 1. The van der Waals surface area contributed by atoms with Gasteiger partial charge in [-0.2, -0.15) is 28.9 Å². The van der Waals surface area contributed by atoms with Crippen molar-refractivity contribution in [3.05, 3.63) is 101 Å². The zero-order valence-electron chi connectivity index (χ0n) is 53.6. The van der Waals surface area contributed by atoms with Crippen molar-refractivity contribution in [2.75, 3.05) is 32.5 Å². The van der Waals surface area contributed by atoms with Crippen LogP contribution in [0.5, 0.6) is 0 Å². The molecule has 0 fully saturated rings. The van der Waals surface area contributed by atoms with E-state index in [0.29, 0.717) is 16.8 Å². The molecular formula is C70H105Cl2N7O7S. The van der Waals surface area contributed by atoms with Crippen molar-refractivity contribution in [1.29, 1.82) is 0 Å². The fourth-order valence-corrected chi connectivity index (χ4v) is 11.2. The molecule has 0 radical (unpaired) electrons. The van der Waals surface area contributed by atoms with E-state index in [9.17, 15) is 27.9 Å². The van der Waals surface area contributed by atoms with Crippen molar-refractivity contribution >= 4 is 79.4 Å². The highest BCUT2D eigenvalue weighted by atomic mass is 35.5. The summed E-state index contributed by atoms with van der Waals surface area (Å²) in [5, 5.41) is 31.1. The number of carbonyl (C=O) groups excluding carboxylic acids is 3. The molecule has 4 rings (SSSR count). The van der Waals surface area contributed by atoms with E-state index in [2.05, 4.69) is 58.7 Å². The number of ketones is 2. The molecule has 0 aliphatic carbocycles. The van der Waals surface area contributed by atoms with Gasteiger partial charge < -0.3 is 14.9 Å². The Balaban J connectivity index is 0.000000467. The normalized spacial score (nSPS) is 12.8. The molecular weight excluding hydrogens is 1150 g/mol. The van der Waals surface area contributed by atoms with Gasteiger partial charge >= 0.3 is 0 Å². The zero-order chi connectivity index (χ0) is 63.6. The predicted octanol–water partition coefficient (Wildman–Crippen LogP) is 20.3. The van der Waals surface area contributed by atoms with Crippen LogP contribution in [0.4, 0.5) is 22.7 Å². The molecule has 0 aliphatic heterocycles. The number of Topliss-reactive ketones (excluding diaryl/α,β-unsaturated/α-hetero) is 2. The fraction of sp³-hybridized carbons (Fsp3) is 0.600. The maximum Gasteiger partial charge on any atom is 0.294 e. The molecule has 0 spiro atoms. The van der Waals surface area contributed by atoms with E-state index in [1.165, 1.54) is 248 Å². The lowest BCUT2D eigenvalue weighted by atomic mass is 10.0. The molecule has 4 aromatic carbocycles. The number of para-hydroxylation sites is 1. The van der Waals surface area contributed by atoms with Crippen LogP contribution in [-0.2, 0) is 24.5 Å². The van der Waals surface area contributed by atoms with Crippen LogP contribution in [-0.4, -0.2) is 80.1 Å². The Bertz CT molecular complexity index is 2740. The van der Waals surface area contributed by atoms with E-state index >= 15 is 0 Å². The van der Waals surface area contributed by atoms with Gasteiger partial charge in [-0.1, -0.05) is 247 Å².